The molecule has 1 aliphatic carbocycles. The molecule has 6 nitrogen and oxygen atoms in total. The zero-order chi connectivity index (χ0) is 14.5. The van der Waals surface area contributed by atoms with Gasteiger partial charge in [-0.1, -0.05) is 0 Å². The van der Waals surface area contributed by atoms with Gasteiger partial charge in [-0.2, -0.15) is 10.4 Å². The molecule has 0 unspecified atom stereocenters. The van der Waals surface area contributed by atoms with Crippen molar-refractivity contribution in [2.75, 3.05) is 0 Å². The number of hydrogen-bond acceptors (Lipinski definition) is 4. The Morgan fingerprint density at radius 2 is 2.10 bits per heavy atom. The normalized spacial score (nSPS) is 17.8. The summed E-state index contributed by atoms with van der Waals surface area (Å²) >= 11 is 0. The lowest BCUT2D eigenvalue weighted by molar-refractivity contribution is 0.0239. The molecule has 0 radical (unpaired) electrons. The van der Waals surface area contributed by atoms with Gasteiger partial charge in [0.1, 0.15) is 17.4 Å². The molecule has 1 aromatic heterocycles. The van der Waals surface area contributed by atoms with Gasteiger partial charge in [-0.25, -0.2) is 4.79 Å². The molecule has 2 heterocycles. The van der Waals surface area contributed by atoms with Crippen molar-refractivity contribution in [3.05, 3.63) is 17.0 Å². The molecule has 0 bridgehead atoms. The molecular formula is C14H18N4O2. The number of fused-ring (bicyclic) bond motifs is 1. The van der Waals surface area contributed by atoms with E-state index in [-0.39, 0.29) is 6.09 Å². The lowest BCUT2D eigenvalue weighted by atomic mass is 10.2. The maximum absolute atomic E-state index is 12.0. The third-order valence-corrected chi connectivity index (χ3v) is 3.43. The van der Waals surface area contributed by atoms with Gasteiger partial charge in [0.15, 0.2) is 0 Å². The van der Waals surface area contributed by atoms with Crippen LogP contribution in [0.4, 0.5) is 4.79 Å². The molecule has 6 heteroatoms. The SMILES string of the molecule is CC(C)(C)OC(=O)N1Cc2nn(C3CC3)c(C#N)c2C1. The fourth-order valence-electron chi connectivity index (χ4n) is 2.39. The lowest BCUT2D eigenvalue weighted by Gasteiger charge is -2.24. The highest BCUT2D eigenvalue weighted by Gasteiger charge is 2.36. The van der Waals surface area contributed by atoms with Crippen LogP contribution < -0.4 is 0 Å². The molecule has 0 aromatic carbocycles. The number of carbonyl (C=O) groups is 1. The molecule has 0 saturated heterocycles. The van der Waals surface area contributed by atoms with Gasteiger partial charge in [0.25, 0.3) is 0 Å². The highest BCUT2D eigenvalue weighted by atomic mass is 16.6. The number of hydrogen-bond donors (Lipinski definition) is 0. The van der Waals surface area contributed by atoms with Crippen LogP contribution in [0.3, 0.4) is 0 Å². The fraction of sp³-hybridized carbons (Fsp3) is 0.643. The monoisotopic (exact) mass is 274 g/mol. The molecule has 1 saturated carbocycles. The number of amides is 1. The van der Waals surface area contributed by atoms with Crippen LogP contribution >= 0.6 is 0 Å². The first-order chi connectivity index (χ1) is 9.39. The van der Waals surface area contributed by atoms with Crippen LogP contribution in [0.5, 0.6) is 0 Å². The Labute approximate surface area is 117 Å². The van der Waals surface area contributed by atoms with Crippen molar-refractivity contribution in [1.82, 2.24) is 14.7 Å². The molecule has 0 N–H and O–H groups in total. The maximum atomic E-state index is 12.0. The maximum Gasteiger partial charge on any atom is 0.410 e. The number of rotatable bonds is 1. The van der Waals surface area contributed by atoms with E-state index in [1.165, 1.54) is 0 Å². The Kier molecular flexibility index (Phi) is 2.75. The van der Waals surface area contributed by atoms with Crippen molar-refractivity contribution in [1.29, 1.82) is 5.26 Å². The molecular weight excluding hydrogens is 256 g/mol. The third-order valence-electron chi connectivity index (χ3n) is 3.43. The van der Waals surface area contributed by atoms with Crippen LogP contribution in [-0.2, 0) is 17.8 Å². The minimum absolute atomic E-state index is 0.350. The van der Waals surface area contributed by atoms with E-state index in [9.17, 15) is 10.1 Å². The smallest absolute Gasteiger partial charge is 0.410 e. The molecule has 106 valence electrons. The van der Waals surface area contributed by atoms with Crippen molar-refractivity contribution >= 4 is 6.09 Å². The first-order valence-corrected chi connectivity index (χ1v) is 6.87. The zero-order valence-electron chi connectivity index (χ0n) is 12.0. The Morgan fingerprint density at radius 3 is 2.65 bits per heavy atom. The summed E-state index contributed by atoms with van der Waals surface area (Å²) in [6.07, 6.45) is 1.83. The first-order valence-electron chi connectivity index (χ1n) is 6.87. The van der Waals surface area contributed by atoms with E-state index in [0.29, 0.717) is 24.8 Å². The van der Waals surface area contributed by atoms with Crippen molar-refractivity contribution < 1.29 is 9.53 Å². The quantitative estimate of drug-likeness (QED) is 0.788. The molecule has 0 spiro atoms. The summed E-state index contributed by atoms with van der Waals surface area (Å²) in [4.78, 5) is 13.6. The van der Waals surface area contributed by atoms with Gasteiger partial charge < -0.3 is 4.74 Å². The molecule has 0 atom stereocenters. The zero-order valence-corrected chi connectivity index (χ0v) is 12.0. The Hall–Kier alpha value is -2.03. The van der Waals surface area contributed by atoms with E-state index >= 15 is 0 Å². The second-order valence-corrected chi connectivity index (χ2v) is 6.40. The summed E-state index contributed by atoms with van der Waals surface area (Å²) < 4.78 is 7.19. The number of nitriles is 1. The predicted octanol–water partition coefficient (Wildman–Crippen LogP) is 2.34. The van der Waals surface area contributed by atoms with Gasteiger partial charge in [0.05, 0.1) is 24.8 Å². The topological polar surface area (TPSA) is 71.2 Å². The van der Waals surface area contributed by atoms with Crippen molar-refractivity contribution in [3.63, 3.8) is 0 Å². The second-order valence-electron chi connectivity index (χ2n) is 6.40. The predicted molar refractivity (Wildman–Crippen MR) is 70.7 cm³/mol. The number of nitrogens with zero attached hydrogens (tertiary/aromatic N) is 4. The average molecular weight is 274 g/mol. The van der Waals surface area contributed by atoms with E-state index in [2.05, 4.69) is 11.2 Å². The van der Waals surface area contributed by atoms with Crippen molar-refractivity contribution in [2.45, 2.75) is 58.3 Å². The molecule has 1 fully saturated rings. The van der Waals surface area contributed by atoms with Crippen molar-refractivity contribution in [2.24, 2.45) is 0 Å². The molecule has 20 heavy (non-hydrogen) atoms. The van der Waals surface area contributed by atoms with E-state index in [0.717, 1.165) is 24.1 Å². The fourth-order valence-corrected chi connectivity index (χ4v) is 2.39. The molecule has 1 amide bonds. The summed E-state index contributed by atoms with van der Waals surface area (Å²) in [5.41, 5.74) is 1.81. The van der Waals surface area contributed by atoms with Crippen LogP contribution in [0.2, 0.25) is 0 Å². The summed E-state index contributed by atoms with van der Waals surface area (Å²) in [5, 5.41) is 13.8. The van der Waals surface area contributed by atoms with Gasteiger partial charge in [-0.05, 0) is 33.6 Å². The van der Waals surface area contributed by atoms with Crippen LogP contribution in [0.15, 0.2) is 0 Å². The van der Waals surface area contributed by atoms with E-state index in [4.69, 9.17) is 4.74 Å². The number of aromatic nitrogens is 2. The standard InChI is InChI=1S/C14H18N4O2/c1-14(2,3)20-13(19)17-7-10-11(8-17)16-18(9-4-5-9)12(10)6-15/h9H,4-5,7-8H2,1-3H3. The first kappa shape index (κ1) is 13.0. The molecule has 1 aliphatic heterocycles. The highest BCUT2D eigenvalue weighted by Crippen LogP contribution is 2.38. The Bertz CT molecular complexity index is 602. The summed E-state index contributed by atoms with van der Waals surface area (Å²) in [6, 6.07) is 2.61. The van der Waals surface area contributed by atoms with Crippen molar-refractivity contribution in [3.8, 4) is 6.07 Å². The van der Waals surface area contributed by atoms with Gasteiger partial charge in [-0.3, -0.25) is 9.58 Å². The summed E-state index contributed by atoms with van der Waals surface area (Å²) in [7, 11) is 0. The van der Waals surface area contributed by atoms with Crippen LogP contribution in [-0.4, -0.2) is 26.4 Å². The molecule has 3 rings (SSSR count). The van der Waals surface area contributed by atoms with E-state index in [1.807, 2.05) is 25.5 Å². The largest absolute Gasteiger partial charge is 0.444 e. The van der Waals surface area contributed by atoms with Gasteiger partial charge >= 0.3 is 6.09 Å². The lowest BCUT2D eigenvalue weighted by Crippen LogP contribution is -2.33. The highest BCUT2D eigenvalue weighted by molar-refractivity contribution is 5.69. The molecule has 1 aromatic rings. The minimum atomic E-state index is -0.511. The van der Waals surface area contributed by atoms with E-state index < -0.39 is 5.60 Å². The Balaban J connectivity index is 1.78. The number of carbonyl (C=O) groups excluding carboxylic acids is 1. The van der Waals surface area contributed by atoms with Crippen LogP contribution in [0.25, 0.3) is 0 Å². The van der Waals surface area contributed by atoms with E-state index in [1.54, 1.807) is 4.90 Å². The van der Waals surface area contributed by atoms with Gasteiger partial charge in [0, 0.05) is 5.56 Å². The Morgan fingerprint density at radius 1 is 1.40 bits per heavy atom. The molecule has 2 aliphatic rings. The second kappa shape index (κ2) is 4.23. The van der Waals surface area contributed by atoms with Gasteiger partial charge in [0.2, 0.25) is 0 Å². The summed E-state index contributed by atoms with van der Waals surface area (Å²) in [5.74, 6) is 0. The number of ether oxygens (including phenoxy) is 1. The minimum Gasteiger partial charge on any atom is -0.444 e. The average Bonchev–Trinajstić information content (AvgIpc) is 2.99. The van der Waals surface area contributed by atoms with Crippen LogP contribution in [0, 0.1) is 11.3 Å². The summed E-state index contributed by atoms with van der Waals surface area (Å²) in [6.45, 7) is 6.37. The van der Waals surface area contributed by atoms with Gasteiger partial charge in [-0.15, -0.1) is 0 Å². The van der Waals surface area contributed by atoms with Crippen LogP contribution in [0.1, 0.15) is 56.6 Å². The third kappa shape index (κ3) is 2.24.